The van der Waals surface area contributed by atoms with Crippen molar-refractivity contribution in [1.82, 2.24) is 4.98 Å². The van der Waals surface area contributed by atoms with Gasteiger partial charge in [-0.15, -0.1) is 11.3 Å². The maximum absolute atomic E-state index is 9.35. The normalized spacial score (nSPS) is 14.9. The molecule has 1 aliphatic rings. The highest BCUT2D eigenvalue weighted by atomic mass is 32.1. The van der Waals surface area contributed by atoms with E-state index in [1.807, 2.05) is 30.3 Å². The van der Waals surface area contributed by atoms with Gasteiger partial charge in [0.15, 0.2) is 0 Å². The SMILES string of the molecule is COc1cccc(/C=C(\C#N)c2nc(C3CC3)cs2)c1. The largest absolute Gasteiger partial charge is 0.497 e. The maximum atomic E-state index is 9.35. The van der Waals surface area contributed by atoms with Crippen molar-refractivity contribution in [2.75, 3.05) is 7.11 Å². The third-order valence-electron chi connectivity index (χ3n) is 3.27. The zero-order valence-electron chi connectivity index (χ0n) is 11.2. The fourth-order valence-corrected chi connectivity index (χ4v) is 2.88. The van der Waals surface area contributed by atoms with Crippen LogP contribution in [0, 0.1) is 11.3 Å². The molecular weight excluding hydrogens is 268 g/mol. The van der Waals surface area contributed by atoms with E-state index in [1.165, 1.54) is 12.8 Å². The van der Waals surface area contributed by atoms with Gasteiger partial charge in [0.05, 0.1) is 18.4 Å². The van der Waals surface area contributed by atoms with Gasteiger partial charge < -0.3 is 4.74 Å². The minimum atomic E-state index is 0.607. The molecule has 100 valence electrons. The molecule has 0 radical (unpaired) electrons. The lowest BCUT2D eigenvalue weighted by Gasteiger charge is -2.00. The highest BCUT2D eigenvalue weighted by molar-refractivity contribution is 7.11. The van der Waals surface area contributed by atoms with Crippen LogP contribution in [0.4, 0.5) is 0 Å². The van der Waals surface area contributed by atoms with Gasteiger partial charge in [-0.25, -0.2) is 4.98 Å². The Hall–Kier alpha value is -2.12. The van der Waals surface area contributed by atoms with Crippen LogP contribution in [0.5, 0.6) is 5.75 Å². The van der Waals surface area contributed by atoms with Crippen LogP contribution in [0.2, 0.25) is 0 Å². The molecule has 1 aromatic carbocycles. The molecule has 0 N–H and O–H groups in total. The van der Waals surface area contributed by atoms with E-state index >= 15 is 0 Å². The quantitative estimate of drug-likeness (QED) is 0.793. The summed E-state index contributed by atoms with van der Waals surface area (Å²) in [5.74, 6) is 1.41. The molecule has 3 nitrogen and oxygen atoms in total. The zero-order valence-corrected chi connectivity index (χ0v) is 12.0. The Bertz CT molecular complexity index is 692. The number of benzene rings is 1. The number of methoxy groups -OCH3 is 1. The predicted molar refractivity (Wildman–Crippen MR) is 80.6 cm³/mol. The zero-order chi connectivity index (χ0) is 13.9. The first-order valence-corrected chi connectivity index (χ1v) is 7.40. The second-order valence-corrected chi connectivity index (χ2v) is 5.66. The molecule has 0 bridgehead atoms. The minimum absolute atomic E-state index is 0.607. The average Bonchev–Trinajstić information content (AvgIpc) is 3.23. The summed E-state index contributed by atoms with van der Waals surface area (Å²) in [5, 5.41) is 12.2. The van der Waals surface area contributed by atoms with E-state index in [0.29, 0.717) is 11.5 Å². The predicted octanol–water partition coefficient (Wildman–Crippen LogP) is 4.09. The third kappa shape index (κ3) is 2.73. The van der Waals surface area contributed by atoms with Crippen LogP contribution in [0.15, 0.2) is 29.6 Å². The van der Waals surface area contributed by atoms with E-state index in [4.69, 9.17) is 4.74 Å². The first-order chi connectivity index (χ1) is 9.80. The van der Waals surface area contributed by atoms with Crippen LogP contribution in [-0.4, -0.2) is 12.1 Å². The molecule has 4 heteroatoms. The van der Waals surface area contributed by atoms with E-state index < -0.39 is 0 Å². The van der Waals surface area contributed by atoms with Crippen LogP contribution >= 0.6 is 11.3 Å². The molecule has 0 amide bonds. The second-order valence-electron chi connectivity index (χ2n) is 4.80. The molecule has 0 aliphatic heterocycles. The van der Waals surface area contributed by atoms with Crippen molar-refractivity contribution in [2.45, 2.75) is 18.8 Å². The molecule has 1 saturated carbocycles. The number of aromatic nitrogens is 1. The van der Waals surface area contributed by atoms with Gasteiger partial charge in [0.1, 0.15) is 16.8 Å². The highest BCUT2D eigenvalue weighted by Crippen LogP contribution is 2.40. The van der Waals surface area contributed by atoms with Gasteiger partial charge in [-0.1, -0.05) is 12.1 Å². The van der Waals surface area contributed by atoms with Gasteiger partial charge >= 0.3 is 0 Å². The average molecular weight is 282 g/mol. The van der Waals surface area contributed by atoms with Gasteiger partial charge in [0.25, 0.3) is 0 Å². The summed E-state index contributed by atoms with van der Waals surface area (Å²) in [6, 6.07) is 9.91. The summed E-state index contributed by atoms with van der Waals surface area (Å²) < 4.78 is 5.19. The number of nitrogens with zero attached hydrogens (tertiary/aromatic N) is 2. The van der Waals surface area contributed by atoms with Crippen molar-refractivity contribution < 1.29 is 4.74 Å². The van der Waals surface area contributed by atoms with Crippen molar-refractivity contribution in [3.8, 4) is 11.8 Å². The van der Waals surface area contributed by atoms with Crippen molar-refractivity contribution >= 4 is 23.0 Å². The highest BCUT2D eigenvalue weighted by Gasteiger charge is 2.26. The Kier molecular flexibility index (Phi) is 3.53. The first-order valence-electron chi connectivity index (χ1n) is 6.52. The summed E-state index contributed by atoms with van der Waals surface area (Å²) in [4.78, 5) is 4.58. The van der Waals surface area contributed by atoms with E-state index in [-0.39, 0.29) is 0 Å². The summed E-state index contributed by atoms with van der Waals surface area (Å²) in [6.07, 6.45) is 4.31. The number of ether oxygens (including phenoxy) is 1. The maximum Gasteiger partial charge on any atom is 0.134 e. The summed E-state index contributed by atoms with van der Waals surface area (Å²) >= 11 is 1.55. The van der Waals surface area contributed by atoms with Crippen LogP contribution in [-0.2, 0) is 0 Å². The molecule has 3 rings (SSSR count). The van der Waals surface area contributed by atoms with E-state index in [0.717, 1.165) is 22.0 Å². The smallest absolute Gasteiger partial charge is 0.134 e. The number of thiazole rings is 1. The summed E-state index contributed by atoms with van der Waals surface area (Å²) in [7, 11) is 1.64. The standard InChI is InChI=1S/C16H14N2OS/c1-19-14-4-2-3-11(8-14)7-13(9-17)16-18-15(10-20-16)12-5-6-12/h2-4,7-8,10,12H,5-6H2,1H3/b13-7+. The molecule has 0 atom stereocenters. The molecule has 1 aliphatic carbocycles. The monoisotopic (exact) mass is 282 g/mol. The Morgan fingerprint density at radius 2 is 2.35 bits per heavy atom. The lowest BCUT2D eigenvalue weighted by atomic mass is 10.1. The topological polar surface area (TPSA) is 45.9 Å². The molecule has 1 fully saturated rings. The van der Waals surface area contributed by atoms with E-state index in [2.05, 4.69) is 16.4 Å². The molecule has 1 aromatic heterocycles. The fourth-order valence-electron chi connectivity index (χ4n) is 2.02. The number of nitriles is 1. The molecular formula is C16H14N2OS. The first kappa shape index (κ1) is 12.9. The number of hydrogen-bond donors (Lipinski definition) is 0. The Morgan fingerprint density at radius 1 is 1.50 bits per heavy atom. The van der Waals surface area contributed by atoms with Gasteiger partial charge in [-0.2, -0.15) is 5.26 Å². The number of rotatable bonds is 4. The van der Waals surface area contributed by atoms with Crippen molar-refractivity contribution in [2.24, 2.45) is 0 Å². The van der Waals surface area contributed by atoms with Crippen molar-refractivity contribution in [1.29, 1.82) is 5.26 Å². The second kappa shape index (κ2) is 5.48. The number of allylic oxidation sites excluding steroid dienone is 1. The van der Waals surface area contributed by atoms with E-state index in [9.17, 15) is 5.26 Å². The minimum Gasteiger partial charge on any atom is -0.497 e. The Morgan fingerprint density at radius 3 is 3.05 bits per heavy atom. The summed E-state index contributed by atoms with van der Waals surface area (Å²) in [5.41, 5.74) is 2.69. The molecule has 0 unspecified atom stereocenters. The van der Waals surface area contributed by atoms with E-state index in [1.54, 1.807) is 18.4 Å². The third-order valence-corrected chi connectivity index (χ3v) is 4.17. The van der Waals surface area contributed by atoms with Gasteiger partial charge in [-0.3, -0.25) is 0 Å². The van der Waals surface area contributed by atoms with Crippen molar-refractivity contribution in [3.05, 3.63) is 45.9 Å². The van der Waals surface area contributed by atoms with Gasteiger partial charge in [-0.05, 0) is 36.6 Å². The van der Waals surface area contributed by atoms with Gasteiger partial charge in [0, 0.05) is 11.3 Å². The van der Waals surface area contributed by atoms with Crippen LogP contribution < -0.4 is 4.74 Å². The fraction of sp³-hybridized carbons (Fsp3) is 0.250. The summed E-state index contributed by atoms with van der Waals surface area (Å²) in [6.45, 7) is 0. The number of hydrogen-bond acceptors (Lipinski definition) is 4. The van der Waals surface area contributed by atoms with Crippen LogP contribution in [0.25, 0.3) is 11.6 Å². The van der Waals surface area contributed by atoms with Crippen LogP contribution in [0.1, 0.15) is 35.0 Å². The van der Waals surface area contributed by atoms with Crippen LogP contribution in [0.3, 0.4) is 0 Å². The Labute approximate surface area is 122 Å². The Balaban J connectivity index is 1.91. The molecule has 2 aromatic rings. The molecule has 0 saturated heterocycles. The lowest BCUT2D eigenvalue weighted by Crippen LogP contribution is -1.85. The van der Waals surface area contributed by atoms with Gasteiger partial charge in [0.2, 0.25) is 0 Å². The van der Waals surface area contributed by atoms with Crippen molar-refractivity contribution in [3.63, 3.8) is 0 Å². The molecule has 0 spiro atoms. The molecule has 20 heavy (non-hydrogen) atoms. The molecule has 1 heterocycles. The lowest BCUT2D eigenvalue weighted by molar-refractivity contribution is 0.414.